The summed E-state index contributed by atoms with van der Waals surface area (Å²) in [4.78, 5) is 0. The second kappa shape index (κ2) is 5.04. The molecule has 0 bridgehead atoms. The van der Waals surface area contributed by atoms with Crippen LogP contribution in [-0.4, -0.2) is 0 Å². The number of benzene rings is 2. The highest BCUT2D eigenvalue weighted by atomic mass is 19.2. The molecule has 0 saturated carbocycles. The van der Waals surface area contributed by atoms with Gasteiger partial charge in [0, 0.05) is 18.0 Å². The van der Waals surface area contributed by atoms with Crippen LogP contribution in [0.4, 0.5) is 17.6 Å². The summed E-state index contributed by atoms with van der Waals surface area (Å²) >= 11 is 0. The van der Waals surface area contributed by atoms with Gasteiger partial charge in [-0.25, -0.2) is 17.6 Å². The van der Waals surface area contributed by atoms with E-state index in [1.165, 1.54) is 18.2 Å². The van der Waals surface area contributed by atoms with Gasteiger partial charge >= 0.3 is 0 Å². The molecular weight excluding hydrogens is 286 g/mol. The van der Waals surface area contributed by atoms with E-state index < -0.39 is 35.4 Å². The molecule has 2 N–H and O–H groups in total. The smallest absolute Gasteiger partial charge is 0.194 e. The van der Waals surface area contributed by atoms with Crippen molar-refractivity contribution in [2.24, 2.45) is 5.73 Å². The van der Waals surface area contributed by atoms with Crippen LogP contribution in [0.5, 0.6) is 5.75 Å². The molecule has 110 valence electrons. The van der Waals surface area contributed by atoms with Crippen LogP contribution in [0.15, 0.2) is 30.3 Å². The fourth-order valence-corrected chi connectivity index (χ4v) is 2.44. The van der Waals surface area contributed by atoms with Crippen LogP contribution in [0.2, 0.25) is 0 Å². The summed E-state index contributed by atoms with van der Waals surface area (Å²) in [7, 11) is 0. The van der Waals surface area contributed by atoms with Crippen molar-refractivity contribution in [3.8, 4) is 5.75 Å². The lowest BCUT2D eigenvalue weighted by atomic mass is 9.93. The van der Waals surface area contributed by atoms with Crippen LogP contribution in [0, 0.1) is 23.3 Å². The molecule has 0 spiro atoms. The van der Waals surface area contributed by atoms with E-state index in [0.29, 0.717) is 11.3 Å². The topological polar surface area (TPSA) is 35.2 Å². The molecule has 0 aromatic heterocycles. The molecular formula is C15H11F4NO. The van der Waals surface area contributed by atoms with Crippen molar-refractivity contribution in [2.75, 3.05) is 0 Å². The van der Waals surface area contributed by atoms with E-state index in [4.69, 9.17) is 10.5 Å². The summed E-state index contributed by atoms with van der Waals surface area (Å²) in [5.74, 6) is -4.18. The Morgan fingerprint density at radius 3 is 2.33 bits per heavy atom. The van der Waals surface area contributed by atoms with E-state index in [1.807, 2.05) is 0 Å². The van der Waals surface area contributed by atoms with E-state index in [2.05, 4.69) is 0 Å². The fraction of sp³-hybridized carbons (Fsp3) is 0.200. The van der Waals surface area contributed by atoms with Gasteiger partial charge in [0.2, 0.25) is 0 Å². The molecule has 0 aliphatic carbocycles. The van der Waals surface area contributed by atoms with Crippen molar-refractivity contribution >= 4 is 0 Å². The summed E-state index contributed by atoms with van der Waals surface area (Å²) in [5.41, 5.74) is 6.59. The average Bonchev–Trinajstić information content (AvgIpc) is 2.44. The molecule has 2 aromatic rings. The quantitative estimate of drug-likeness (QED) is 0.642. The van der Waals surface area contributed by atoms with Crippen LogP contribution < -0.4 is 10.5 Å². The molecule has 0 radical (unpaired) electrons. The van der Waals surface area contributed by atoms with Crippen molar-refractivity contribution < 1.29 is 22.3 Å². The highest BCUT2D eigenvalue weighted by Crippen LogP contribution is 2.40. The molecule has 0 amide bonds. The zero-order chi connectivity index (χ0) is 15.1. The Morgan fingerprint density at radius 2 is 1.67 bits per heavy atom. The van der Waals surface area contributed by atoms with Crippen molar-refractivity contribution in [3.05, 3.63) is 64.7 Å². The van der Waals surface area contributed by atoms with Gasteiger partial charge < -0.3 is 10.5 Å². The van der Waals surface area contributed by atoms with E-state index >= 15 is 0 Å². The Hall–Kier alpha value is -2.08. The van der Waals surface area contributed by atoms with Gasteiger partial charge in [-0.2, -0.15) is 0 Å². The summed E-state index contributed by atoms with van der Waals surface area (Å²) < 4.78 is 58.3. The van der Waals surface area contributed by atoms with Gasteiger partial charge in [-0.05, 0) is 35.9 Å². The average molecular weight is 297 g/mol. The van der Waals surface area contributed by atoms with E-state index in [0.717, 1.165) is 12.1 Å². The maximum absolute atomic E-state index is 13.3. The highest BCUT2D eigenvalue weighted by Gasteiger charge is 2.28. The first kappa shape index (κ1) is 13.9. The normalized spacial score (nSPS) is 20.8. The summed E-state index contributed by atoms with van der Waals surface area (Å²) in [5, 5.41) is 0. The lowest BCUT2D eigenvalue weighted by Gasteiger charge is -2.30. The maximum atomic E-state index is 13.3. The van der Waals surface area contributed by atoms with Gasteiger partial charge in [-0.15, -0.1) is 0 Å². The fourth-order valence-electron chi connectivity index (χ4n) is 2.44. The molecule has 2 atom stereocenters. The zero-order valence-corrected chi connectivity index (χ0v) is 10.7. The van der Waals surface area contributed by atoms with Crippen LogP contribution >= 0.6 is 0 Å². The number of fused-ring (bicyclic) bond motifs is 1. The monoisotopic (exact) mass is 297 g/mol. The first-order valence-corrected chi connectivity index (χ1v) is 6.32. The zero-order valence-electron chi connectivity index (χ0n) is 10.7. The minimum atomic E-state index is -1.53. The van der Waals surface area contributed by atoms with Crippen LogP contribution in [0.25, 0.3) is 0 Å². The van der Waals surface area contributed by atoms with Crippen molar-refractivity contribution in [1.82, 2.24) is 0 Å². The lowest BCUT2D eigenvalue weighted by Crippen LogP contribution is -2.24. The van der Waals surface area contributed by atoms with Gasteiger partial charge in [0.05, 0.1) is 0 Å². The number of ether oxygens (including phenoxy) is 1. The molecule has 1 heterocycles. The van der Waals surface area contributed by atoms with Crippen LogP contribution in [0.3, 0.4) is 0 Å². The molecule has 1 aliphatic rings. The number of nitrogens with two attached hydrogens (primary N) is 1. The third-order valence-electron chi connectivity index (χ3n) is 3.49. The molecule has 0 saturated heterocycles. The third-order valence-corrected chi connectivity index (χ3v) is 3.49. The summed E-state index contributed by atoms with van der Waals surface area (Å²) in [6, 6.07) is 5.11. The Labute approximate surface area is 118 Å². The molecule has 3 rings (SSSR count). The predicted molar refractivity (Wildman–Crippen MR) is 67.6 cm³/mol. The first-order chi connectivity index (χ1) is 9.95. The third kappa shape index (κ3) is 2.47. The molecule has 6 heteroatoms. The van der Waals surface area contributed by atoms with E-state index in [1.54, 1.807) is 0 Å². The Balaban J connectivity index is 1.98. The summed E-state index contributed by atoms with van der Waals surface area (Å²) in [6.45, 7) is 0. The van der Waals surface area contributed by atoms with Gasteiger partial charge in [0.25, 0.3) is 0 Å². The highest BCUT2D eigenvalue weighted by molar-refractivity contribution is 5.39. The Kier molecular flexibility index (Phi) is 3.33. The van der Waals surface area contributed by atoms with Crippen molar-refractivity contribution in [3.63, 3.8) is 0 Å². The number of hydrogen-bond donors (Lipinski definition) is 1. The molecule has 0 fully saturated rings. The minimum Gasteiger partial charge on any atom is -0.485 e. The lowest BCUT2D eigenvalue weighted by molar-refractivity contribution is 0.160. The second-order valence-electron chi connectivity index (χ2n) is 4.93. The van der Waals surface area contributed by atoms with Crippen LogP contribution in [-0.2, 0) is 0 Å². The van der Waals surface area contributed by atoms with Crippen LogP contribution in [0.1, 0.15) is 29.7 Å². The van der Waals surface area contributed by atoms with Crippen molar-refractivity contribution in [1.29, 1.82) is 0 Å². The second-order valence-corrected chi connectivity index (χ2v) is 4.93. The number of rotatable bonds is 1. The van der Waals surface area contributed by atoms with Gasteiger partial charge in [0.15, 0.2) is 17.5 Å². The van der Waals surface area contributed by atoms with E-state index in [-0.39, 0.29) is 12.0 Å². The molecule has 21 heavy (non-hydrogen) atoms. The molecule has 1 unspecified atom stereocenters. The molecule has 2 aromatic carbocycles. The molecule has 2 nitrogen and oxygen atoms in total. The standard InChI is InChI=1S/C15H11F4NO/c16-8-1-2-13-9(5-8)12(20)6-14(21-13)7-3-10(17)15(19)11(18)4-7/h1-5,12,14H,6,20H2/t12-,14?/m1/s1. The minimum absolute atomic E-state index is 0.150. The predicted octanol–water partition coefficient (Wildman–Crippen LogP) is 3.77. The first-order valence-electron chi connectivity index (χ1n) is 6.32. The van der Waals surface area contributed by atoms with E-state index in [9.17, 15) is 17.6 Å². The number of halogens is 4. The Morgan fingerprint density at radius 1 is 1.00 bits per heavy atom. The SMILES string of the molecule is N[C@@H]1CC(c2cc(F)c(F)c(F)c2)Oc2ccc(F)cc21. The van der Waals surface area contributed by atoms with Crippen molar-refractivity contribution in [2.45, 2.75) is 18.6 Å². The summed E-state index contributed by atoms with van der Waals surface area (Å²) in [6.07, 6.45) is -0.511. The molecule has 1 aliphatic heterocycles. The van der Waals surface area contributed by atoms with Gasteiger partial charge in [0.1, 0.15) is 17.7 Å². The Bertz CT molecular complexity index is 681. The van der Waals surface area contributed by atoms with Gasteiger partial charge in [-0.3, -0.25) is 0 Å². The largest absolute Gasteiger partial charge is 0.485 e. The number of hydrogen-bond acceptors (Lipinski definition) is 2. The maximum Gasteiger partial charge on any atom is 0.194 e. The van der Waals surface area contributed by atoms with Gasteiger partial charge in [-0.1, -0.05) is 0 Å².